The van der Waals surface area contributed by atoms with Gasteiger partial charge in [-0.15, -0.1) is 0 Å². The van der Waals surface area contributed by atoms with Gasteiger partial charge in [0.05, 0.1) is 18.7 Å². The van der Waals surface area contributed by atoms with Crippen LogP contribution in [0.3, 0.4) is 0 Å². The molecule has 0 aliphatic carbocycles. The summed E-state index contributed by atoms with van der Waals surface area (Å²) in [5, 5.41) is 21.6. The lowest BCUT2D eigenvalue weighted by Crippen LogP contribution is -2.38. The Bertz CT molecular complexity index is 790. The van der Waals surface area contributed by atoms with Gasteiger partial charge >= 0.3 is 0 Å². The van der Waals surface area contributed by atoms with Crippen molar-refractivity contribution in [2.24, 2.45) is 0 Å². The van der Waals surface area contributed by atoms with Gasteiger partial charge in [-0.1, -0.05) is 18.2 Å². The predicted octanol–water partition coefficient (Wildman–Crippen LogP) is 2.22. The second-order valence-corrected chi connectivity index (χ2v) is 6.21. The number of likely N-dealkylation sites (N-methyl/N-ethyl adjacent to an activating group) is 1. The molecule has 0 saturated carbocycles. The first-order valence-corrected chi connectivity index (χ1v) is 8.19. The molecule has 0 aliphatic rings. The molecular weight excluding hydrogens is 316 g/mol. The molecule has 0 spiro atoms. The van der Waals surface area contributed by atoms with Gasteiger partial charge in [0, 0.05) is 17.4 Å². The molecule has 1 aromatic heterocycles. The SMILES string of the molecule is Cc1c(C#N)c(NC(=O)CN(C)C(C)CO)n(-c2ccccc2)c1C. The lowest BCUT2D eigenvalue weighted by atomic mass is 10.2. The lowest BCUT2D eigenvalue weighted by molar-refractivity contribution is -0.117. The molecule has 6 nitrogen and oxygen atoms in total. The van der Waals surface area contributed by atoms with Crippen LogP contribution in [0.25, 0.3) is 5.69 Å². The number of aromatic nitrogens is 1. The molecule has 25 heavy (non-hydrogen) atoms. The van der Waals surface area contributed by atoms with Crippen LogP contribution < -0.4 is 5.32 Å². The van der Waals surface area contributed by atoms with Crippen LogP contribution in [0.4, 0.5) is 5.82 Å². The minimum absolute atomic E-state index is 0.0220. The Morgan fingerprint density at radius 1 is 1.36 bits per heavy atom. The molecule has 0 fully saturated rings. The van der Waals surface area contributed by atoms with Crippen molar-refractivity contribution in [1.82, 2.24) is 9.47 Å². The summed E-state index contributed by atoms with van der Waals surface area (Å²) in [4.78, 5) is 14.2. The molecule has 0 saturated heterocycles. The number of aliphatic hydroxyl groups excluding tert-OH is 1. The van der Waals surface area contributed by atoms with Gasteiger partial charge in [-0.05, 0) is 45.5 Å². The van der Waals surface area contributed by atoms with Crippen LogP contribution in [0, 0.1) is 25.2 Å². The normalized spacial score (nSPS) is 12.0. The van der Waals surface area contributed by atoms with Crippen molar-refractivity contribution >= 4 is 11.7 Å². The zero-order valence-corrected chi connectivity index (χ0v) is 15.1. The minimum Gasteiger partial charge on any atom is -0.395 e. The van der Waals surface area contributed by atoms with E-state index >= 15 is 0 Å². The highest BCUT2D eigenvalue weighted by atomic mass is 16.3. The molecule has 2 N–H and O–H groups in total. The Kier molecular flexibility index (Phi) is 5.97. The predicted molar refractivity (Wildman–Crippen MR) is 97.8 cm³/mol. The Labute approximate surface area is 148 Å². The van der Waals surface area contributed by atoms with E-state index in [1.165, 1.54) is 0 Å². The van der Waals surface area contributed by atoms with Crippen molar-refractivity contribution < 1.29 is 9.90 Å². The quantitative estimate of drug-likeness (QED) is 0.845. The summed E-state index contributed by atoms with van der Waals surface area (Å²) in [6.07, 6.45) is 0. The summed E-state index contributed by atoms with van der Waals surface area (Å²) in [7, 11) is 1.78. The van der Waals surface area contributed by atoms with E-state index in [0.29, 0.717) is 11.4 Å². The minimum atomic E-state index is -0.228. The van der Waals surface area contributed by atoms with Crippen LogP contribution in [0.2, 0.25) is 0 Å². The van der Waals surface area contributed by atoms with E-state index in [1.807, 2.05) is 55.7 Å². The number of nitrogens with one attached hydrogen (secondary N) is 1. The summed E-state index contributed by atoms with van der Waals surface area (Å²) < 4.78 is 1.89. The van der Waals surface area contributed by atoms with Crippen molar-refractivity contribution in [1.29, 1.82) is 5.26 Å². The van der Waals surface area contributed by atoms with Gasteiger partial charge in [0.1, 0.15) is 11.9 Å². The Balaban J connectivity index is 2.39. The molecule has 0 bridgehead atoms. The number of amides is 1. The van der Waals surface area contributed by atoms with Gasteiger partial charge in [-0.3, -0.25) is 14.3 Å². The number of carbonyl (C=O) groups excluding carboxylic acids is 1. The molecule has 1 unspecified atom stereocenters. The summed E-state index contributed by atoms with van der Waals surface area (Å²) in [6.45, 7) is 5.76. The fraction of sp³-hybridized carbons (Fsp3) is 0.368. The Morgan fingerprint density at radius 2 is 2.00 bits per heavy atom. The number of hydrogen-bond donors (Lipinski definition) is 2. The second kappa shape index (κ2) is 7.97. The van der Waals surface area contributed by atoms with E-state index in [2.05, 4.69) is 11.4 Å². The molecule has 1 amide bonds. The summed E-state index contributed by atoms with van der Waals surface area (Å²) in [5.41, 5.74) is 3.11. The monoisotopic (exact) mass is 340 g/mol. The third kappa shape index (κ3) is 3.90. The van der Waals surface area contributed by atoms with E-state index in [4.69, 9.17) is 0 Å². The third-order valence-corrected chi connectivity index (χ3v) is 4.51. The first-order chi connectivity index (χ1) is 11.9. The molecule has 1 heterocycles. The summed E-state index contributed by atoms with van der Waals surface area (Å²) >= 11 is 0. The van der Waals surface area contributed by atoms with Gasteiger partial charge in [0.2, 0.25) is 5.91 Å². The average molecular weight is 340 g/mol. The molecule has 0 aliphatic heterocycles. The zero-order chi connectivity index (χ0) is 18.6. The largest absolute Gasteiger partial charge is 0.395 e. The van der Waals surface area contributed by atoms with Gasteiger partial charge < -0.3 is 10.4 Å². The third-order valence-electron chi connectivity index (χ3n) is 4.51. The molecule has 6 heteroatoms. The highest BCUT2D eigenvalue weighted by Crippen LogP contribution is 2.29. The molecule has 1 aromatic carbocycles. The van der Waals surface area contributed by atoms with Gasteiger partial charge in [-0.2, -0.15) is 5.26 Å². The molecule has 132 valence electrons. The number of benzene rings is 1. The van der Waals surface area contributed by atoms with Crippen molar-refractivity contribution in [3.63, 3.8) is 0 Å². The number of nitrogens with zero attached hydrogens (tertiary/aromatic N) is 3. The maximum atomic E-state index is 12.5. The highest BCUT2D eigenvalue weighted by molar-refractivity contribution is 5.93. The molecule has 2 aromatic rings. The van der Waals surface area contributed by atoms with Crippen LogP contribution in [0.5, 0.6) is 0 Å². The highest BCUT2D eigenvalue weighted by Gasteiger charge is 2.21. The number of anilines is 1. The zero-order valence-electron chi connectivity index (χ0n) is 15.1. The lowest BCUT2D eigenvalue weighted by Gasteiger charge is -2.22. The summed E-state index contributed by atoms with van der Waals surface area (Å²) in [5.74, 6) is 0.257. The number of carbonyl (C=O) groups is 1. The molecular formula is C19H24N4O2. The second-order valence-electron chi connectivity index (χ2n) is 6.21. The number of rotatable bonds is 6. The van der Waals surface area contributed by atoms with Crippen LogP contribution in [0.15, 0.2) is 30.3 Å². The molecule has 0 radical (unpaired) electrons. The van der Waals surface area contributed by atoms with Crippen molar-refractivity contribution in [3.05, 3.63) is 47.2 Å². The average Bonchev–Trinajstić information content (AvgIpc) is 2.84. The number of hydrogen-bond acceptors (Lipinski definition) is 4. The number of aliphatic hydroxyl groups is 1. The smallest absolute Gasteiger partial charge is 0.239 e. The fourth-order valence-corrected chi connectivity index (χ4v) is 2.65. The van der Waals surface area contributed by atoms with E-state index in [-0.39, 0.29) is 25.1 Å². The van der Waals surface area contributed by atoms with Crippen LogP contribution in [-0.2, 0) is 4.79 Å². The summed E-state index contributed by atoms with van der Waals surface area (Å²) in [6, 6.07) is 11.7. The topological polar surface area (TPSA) is 81.3 Å². The fourth-order valence-electron chi connectivity index (χ4n) is 2.65. The van der Waals surface area contributed by atoms with Crippen molar-refractivity contribution in [2.75, 3.05) is 25.5 Å². The van der Waals surface area contributed by atoms with Crippen LogP contribution >= 0.6 is 0 Å². The van der Waals surface area contributed by atoms with E-state index in [0.717, 1.165) is 16.9 Å². The maximum absolute atomic E-state index is 12.5. The molecule has 2 rings (SSSR count). The van der Waals surface area contributed by atoms with Crippen molar-refractivity contribution in [3.8, 4) is 11.8 Å². The number of para-hydroxylation sites is 1. The number of nitriles is 1. The van der Waals surface area contributed by atoms with Crippen LogP contribution in [-0.4, -0.2) is 46.7 Å². The molecule has 1 atom stereocenters. The standard InChI is InChI=1S/C19H24N4O2/c1-13(12-24)22(4)11-18(25)21-19-17(10-20)14(2)15(3)23(19)16-8-6-5-7-9-16/h5-9,13,24H,11-12H2,1-4H3,(H,21,25). The first kappa shape index (κ1) is 18.7. The Morgan fingerprint density at radius 3 is 2.56 bits per heavy atom. The van der Waals surface area contributed by atoms with E-state index < -0.39 is 0 Å². The first-order valence-electron chi connectivity index (χ1n) is 8.19. The van der Waals surface area contributed by atoms with Crippen LogP contribution in [0.1, 0.15) is 23.7 Å². The van der Waals surface area contributed by atoms with Gasteiger partial charge in [-0.25, -0.2) is 0 Å². The van der Waals surface area contributed by atoms with Gasteiger partial charge in [0.25, 0.3) is 0 Å². The maximum Gasteiger partial charge on any atom is 0.239 e. The Hall–Kier alpha value is -2.62. The van der Waals surface area contributed by atoms with E-state index in [1.54, 1.807) is 11.9 Å². The van der Waals surface area contributed by atoms with E-state index in [9.17, 15) is 15.2 Å². The van der Waals surface area contributed by atoms with Crippen molar-refractivity contribution in [2.45, 2.75) is 26.8 Å². The van der Waals surface area contributed by atoms with Gasteiger partial charge in [0.15, 0.2) is 0 Å².